The summed E-state index contributed by atoms with van der Waals surface area (Å²) in [5, 5.41) is 10.00. The molecule has 0 unspecified atom stereocenters. The number of hydrogen-bond donors (Lipinski definition) is 0. The molecule has 1 atom stereocenters. The summed E-state index contributed by atoms with van der Waals surface area (Å²) in [6, 6.07) is 17.8. The Morgan fingerprint density at radius 1 is 1.05 bits per heavy atom. The molecule has 0 spiro atoms. The summed E-state index contributed by atoms with van der Waals surface area (Å²) in [6.45, 7) is 11.0. The molecule has 39 heavy (non-hydrogen) atoms. The summed E-state index contributed by atoms with van der Waals surface area (Å²) in [5.41, 5.74) is 2.79. The average molecular weight is 525 g/mol. The van der Waals surface area contributed by atoms with E-state index in [9.17, 15) is 18.8 Å². The third-order valence-corrected chi connectivity index (χ3v) is 7.45. The number of rotatable bonds is 5. The Balaban J connectivity index is 1.59. The van der Waals surface area contributed by atoms with Crippen molar-refractivity contribution in [1.29, 1.82) is 5.26 Å². The van der Waals surface area contributed by atoms with Gasteiger partial charge in [-0.2, -0.15) is 5.26 Å². The number of halogens is 2. The van der Waals surface area contributed by atoms with Crippen LogP contribution < -0.4 is 10.5 Å². The van der Waals surface area contributed by atoms with Gasteiger partial charge in [0.1, 0.15) is 29.0 Å². The fraction of sp³-hybridized carbons (Fsp3) is 0.267. The first-order valence-electron chi connectivity index (χ1n) is 12.7. The Morgan fingerprint density at radius 3 is 2.21 bits per heavy atom. The van der Waals surface area contributed by atoms with Gasteiger partial charge in [0.2, 0.25) is 5.52 Å². The van der Waals surface area contributed by atoms with Gasteiger partial charge in [-0.1, -0.05) is 37.8 Å². The second-order valence-corrected chi connectivity index (χ2v) is 9.60. The Bertz CT molecular complexity index is 1620. The van der Waals surface area contributed by atoms with E-state index < -0.39 is 5.56 Å². The van der Waals surface area contributed by atoms with E-state index in [0.29, 0.717) is 36.4 Å². The molecule has 4 aromatic rings. The maximum absolute atomic E-state index is 13.8. The number of aromatic nitrogens is 2. The van der Waals surface area contributed by atoms with E-state index in [1.54, 1.807) is 43.4 Å². The van der Waals surface area contributed by atoms with Gasteiger partial charge in [0.05, 0.1) is 11.6 Å². The minimum atomic E-state index is -0.414. The number of aryl methyl sites for hydroxylation is 1. The fourth-order valence-electron chi connectivity index (χ4n) is 5.50. The lowest BCUT2D eigenvalue weighted by Crippen LogP contribution is -2.54. The highest BCUT2D eigenvalue weighted by Crippen LogP contribution is 2.36. The van der Waals surface area contributed by atoms with Gasteiger partial charge in [-0.15, -0.1) is 4.98 Å². The van der Waals surface area contributed by atoms with Gasteiger partial charge in [0, 0.05) is 32.7 Å². The van der Waals surface area contributed by atoms with Crippen LogP contribution >= 0.6 is 0 Å². The van der Waals surface area contributed by atoms with Crippen LogP contribution in [0.15, 0.2) is 65.5 Å². The summed E-state index contributed by atoms with van der Waals surface area (Å²) in [5.74, 6) is -0.479. The fourth-order valence-corrected chi connectivity index (χ4v) is 5.50. The normalized spacial score (nSPS) is 15.9. The molecule has 1 aliphatic heterocycles. The molecule has 2 aromatic carbocycles. The number of anilines is 1. The number of hydrogen-bond acceptors (Lipinski definition) is 5. The van der Waals surface area contributed by atoms with Crippen LogP contribution in [-0.4, -0.2) is 40.1 Å². The van der Waals surface area contributed by atoms with Crippen molar-refractivity contribution < 1.29 is 8.78 Å². The lowest BCUT2D eigenvalue weighted by atomic mass is 9.93. The summed E-state index contributed by atoms with van der Waals surface area (Å²) >= 11 is 0. The molecule has 2 aromatic heterocycles. The number of piperazine rings is 1. The molecular formula is C30H26F2N6O. The van der Waals surface area contributed by atoms with Crippen LogP contribution in [-0.2, 0) is 7.05 Å². The minimum Gasteiger partial charge on any atom is -0.364 e. The van der Waals surface area contributed by atoms with E-state index in [4.69, 9.17) is 6.57 Å². The number of nitrogens with zero attached hydrogens (tertiary/aromatic N) is 6. The van der Waals surface area contributed by atoms with Gasteiger partial charge >= 0.3 is 0 Å². The van der Waals surface area contributed by atoms with Crippen LogP contribution in [0.2, 0.25) is 0 Å². The van der Waals surface area contributed by atoms with E-state index in [-0.39, 0.29) is 35.1 Å². The maximum atomic E-state index is 13.8. The summed E-state index contributed by atoms with van der Waals surface area (Å²) < 4.78 is 29.0. The zero-order chi connectivity index (χ0) is 27.7. The largest absolute Gasteiger partial charge is 0.364 e. The predicted molar refractivity (Wildman–Crippen MR) is 146 cm³/mol. The molecule has 0 radical (unpaired) electrons. The zero-order valence-electron chi connectivity index (χ0n) is 21.6. The number of benzene rings is 2. The van der Waals surface area contributed by atoms with Gasteiger partial charge in [0.25, 0.3) is 11.4 Å². The maximum Gasteiger partial charge on any atom is 0.271 e. The molecular weight excluding hydrogens is 498 g/mol. The Labute approximate surface area is 225 Å². The first-order chi connectivity index (χ1) is 18.9. The van der Waals surface area contributed by atoms with Crippen molar-refractivity contribution in [1.82, 2.24) is 14.5 Å². The molecule has 3 heterocycles. The van der Waals surface area contributed by atoms with E-state index in [1.165, 1.54) is 28.8 Å². The Kier molecular flexibility index (Phi) is 7.10. The van der Waals surface area contributed by atoms with Gasteiger partial charge in [0.15, 0.2) is 0 Å². The van der Waals surface area contributed by atoms with Crippen molar-refractivity contribution in [3.8, 4) is 6.07 Å². The van der Waals surface area contributed by atoms with E-state index in [0.717, 1.165) is 17.5 Å². The first kappa shape index (κ1) is 26.0. The third kappa shape index (κ3) is 4.73. The average Bonchev–Trinajstić information content (AvgIpc) is 2.96. The van der Waals surface area contributed by atoms with Crippen molar-refractivity contribution >= 4 is 22.5 Å². The van der Waals surface area contributed by atoms with Crippen LogP contribution in [0.25, 0.3) is 15.9 Å². The smallest absolute Gasteiger partial charge is 0.271 e. The molecule has 0 amide bonds. The van der Waals surface area contributed by atoms with Gasteiger partial charge in [-0.05, 0) is 53.9 Å². The quantitative estimate of drug-likeness (QED) is 0.331. The molecule has 9 heteroatoms. The lowest BCUT2D eigenvalue weighted by molar-refractivity contribution is 0.135. The van der Waals surface area contributed by atoms with Crippen LogP contribution in [0.1, 0.15) is 36.1 Å². The molecule has 1 fully saturated rings. The molecule has 0 saturated carbocycles. The number of fused-ring (bicyclic) bond motifs is 1. The number of nitriles is 1. The second-order valence-electron chi connectivity index (χ2n) is 9.60. The van der Waals surface area contributed by atoms with Gasteiger partial charge in [-0.25, -0.2) is 8.78 Å². The summed E-state index contributed by atoms with van der Waals surface area (Å²) in [7, 11) is 1.59. The highest BCUT2D eigenvalue weighted by molar-refractivity contribution is 5.92. The molecule has 196 valence electrons. The number of pyridine rings is 2. The molecule has 0 aliphatic carbocycles. The van der Waals surface area contributed by atoms with E-state index >= 15 is 0 Å². The summed E-state index contributed by atoms with van der Waals surface area (Å²) in [6.07, 6.45) is 0.751. The monoisotopic (exact) mass is 524 g/mol. The lowest BCUT2D eigenvalue weighted by Gasteiger charge is -2.46. The SMILES string of the molecule is [C-]#[N+]c1ccc2c(n1)c(N1CCN(C(c3ccc(F)cc3)c3ccc(F)cc3)[C@H](CC)C1)c(C#N)c(=O)n2C. The second kappa shape index (κ2) is 10.6. The molecule has 0 bridgehead atoms. The van der Waals surface area contributed by atoms with Gasteiger partial charge < -0.3 is 14.3 Å². The van der Waals surface area contributed by atoms with Crippen molar-refractivity contribution in [2.24, 2.45) is 7.05 Å². The van der Waals surface area contributed by atoms with Crippen LogP contribution in [0.4, 0.5) is 20.3 Å². The Morgan fingerprint density at radius 2 is 1.67 bits per heavy atom. The van der Waals surface area contributed by atoms with Crippen molar-refractivity contribution in [2.75, 3.05) is 24.5 Å². The molecule has 1 saturated heterocycles. The molecule has 7 nitrogen and oxygen atoms in total. The molecule has 5 rings (SSSR count). The van der Waals surface area contributed by atoms with Crippen molar-refractivity contribution in [3.05, 3.63) is 111 Å². The first-order valence-corrected chi connectivity index (χ1v) is 12.7. The van der Waals surface area contributed by atoms with Crippen LogP contribution in [0, 0.1) is 29.5 Å². The van der Waals surface area contributed by atoms with E-state index in [2.05, 4.69) is 27.7 Å². The summed E-state index contributed by atoms with van der Waals surface area (Å²) in [4.78, 5) is 25.4. The van der Waals surface area contributed by atoms with Crippen LogP contribution in [0.5, 0.6) is 0 Å². The highest BCUT2D eigenvalue weighted by Gasteiger charge is 2.35. The van der Waals surface area contributed by atoms with Crippen LogP contribution in [0.3, 0.4) is 0 Å². The van der Waals surface area contributed by atoms with E-state index in [1.807, 2.05) is 4.90 Å². The highest BCUT2D eigenvalue weighted by atomic mass is 19.1. The van der Waals surface area contributed by atoms with Crippen molar-refractivity contribution in [3.63, 3.8) is 0 Å². The molecule has 0 N–H and O–H groups in total. The minimum absolute atomic E-state index is 0.00319. The Hall–Kier alpha value is -4.60. The standard InChI is InChI=1S/C30H26F2N6O/c1-4-23-18-37(29-24(17-33)30(39)36(3)25-13-14-26(34-2)35-27(25)29)15-16-38(23)28(19-5-9-21(31)10-6-19)20-7-11-22(32)12-8-20/h5-14,23,28H,4,15-16,18H2,1,3H3/t23-/m1/s1. The zero-order valence-corrected chi connectivity index (χ0v) is 21.6. The third-order valence-electron chi connectivity index (χ3n) is 7.45. The van der Waals surface area contributed by atoms with Crippen molar-refractivity contribution in [2.45, 2.75) is 25.4 Å². The predicted octanol–water partition coefficient (Wildman–Crippen LogP) is 5.32. The van der Waals surface area contributed by atoms with Gasteiger partial charge in [-0.3, -0.25) is 9.69 Å². The molecule has 1 aliphatic rings. The topological polar surface area (TPSA) is 69.5 Å².